The van der Waals surface area contributed by atoms with Gasteiger partial charge in [0.05, 0.1) is 11.4 Å². The number of carbonyl (C=O) groups excluding carboxylic acids is 2. The molecule has 1 aromatic heterocycles. The van der Waals surface area contributed by atoms with Gasteiger partial charge in [0.2, 0.25) is 11.8 Å². The highest BCUT2D eigenvalue weighted by atomic mass is 35.5. The first kappa shape index (κ1) is 22.2. The quantitative estimate of drug-likeness (QED) is 0.701. The Hall–Kier alpha value is -2.52. The lowest BCUT2D eigenvalue weighted by molar-refractivity contribution is -0.134. The molecule has 1 aromatic carbocycles. The zero-order valence-electron chi connectivity index (χ0n) is 16.7. The highest BCUT2D eigenvalue weighted by Crippen LogP contribution is 2.16. The molecule has 9 nitrogen and oxygen atoms in total. The van der Waals surface area contributed by atoms with Crippen LogP contribution in [0.15, 0.2) is 29.1 Å². The molecule has 2 fully saturated rings. The Bertz CT molecular complexity index is 959. The molecule has 0 spiro atoms. The molecule has 2 atom stereocenters. The normalized spacial score (nSPS) is 21.3. The number of hydrogen-bond acceptors (Lipinski definition) is 6. The van der Waals surface area contributed by atoms with Gasteiger partial charge in [0, 0.05) is 19.6 Å². The van der Waals surface area contributed by atoms with E-state index < -0.39 is 0 Å². The number of halogens is 1. The summed E-state index contributed by atoms with van der Waals surface area (Å²) >= 11 is 0. The summed E-state index contributed by atoms with van der Waals surface area (Å²) in [5.41, 5.74) is 0.209. The van der Waals surface area contributed by atoms with Crippen molar-refractivity contribution in [1.82, 2.24) is 30.5 Å². The van der Waals surface area contributed by atoms with Crippen LogP contribution in [0.3, 0.4) is 0 Å². The number of piperidine rings is 1. The Morgan fingerprint density at radius 1 is 1.20 bits per heavy atom. The topological polar surface area (TPSA) is 109 Å². The first-order valence-electron chi connectivity index (χ1n) is 10.2. The van der Waals surface area contributed by atoms with E-state index in [1.165, 1.54) is 0 Å². The van der Waals surface area contributed by atoms with Gasteiger partial charge in [-0.1, -0.05) is 17.3 Å². The molecule has 2 aliphatic rings. The second-order valence-corrected chi connectivity index (χ2v) is 7.81. The molecule has 2 aromatic rings. The lowest BCUT2D eigenvalue weighted by Crippen LogP contribution is -2.47. The third kappa shape index (κ3) is 4.96. The zero-order valence-corrected chi connectivity index (χ0v) is 17.6. The van der Waals surface area contributed by atoms with Crippen LogP contribution < -0.4 is 16.2 Å². The van der Waals surface area contributed by atoms with Gasteiger partial charge >= 0.3 is 0 Å². The van der Waals surface area contributed by atoms with Gasteiger partial charge < -0.3 is 15.5 Å². The van der Waals surface area contributed by atoms with E-state index in [4.69, 9.17) is 0 Å². The summed E-state index contributed by atoms with van der Waals surface area (Å²) in [7, 11) is 0. The van der Waals surface area contributed by atoms with Gasteiger partial charge in [0.15, 0.2) is 0 Å². The maximum atomic E-state index is 12.7. The molecule has 3 heterocycles. The summed E-state index contributed by atoms with van der Waals surface area (Å²) in [6.07, 6.45) is 3.76. The van der Waals surface area contributed by atoms with Crippen molar-refractivity contribution in [3.05, 3.63) is 34.6 Å². The predicted molar refractivity (Wildman–Crippen MR) is 114 cm³/mol. The average molecular weight is 435 g/mol. The number of likely N-dealkylation sites (tertiary alicyclic amines) is 1. The molecule has 2 amide bonds. The number of fused-ring (bicyclic) bond motifs is 1. The molecule has 10 heteroatoms. The Morgan fingerprint density at radius 2 is 2.03 bits per heavy atom. The van der Waals surface area contributed by atoms with Gasteiger partial charge in [-0.2, -0.15) is 0 Å². The molecule has 0 radical (unpaired) electrons. The third-order valence-corrected chi connectivity index (χ3v) is 5.73. The van der Waals surface area contributed by atoms with E-state index in [2.05, 4.69) is 20.9 Å². The molecule has 162 valence electrons. The van der Waals surface area contributed by atoms with Crippen LogP contribution in [0.25, 0.3) is 10.9 Å². The van der Waals surface area contributed by atoms with Crippen molar-refractivity contribution < 1.29 is 9.59 Å². The summed E-state index contributed by atoms with van der Waals surface area (Å²) in [4.78, 5) is 39.2. The molecular weight excluding hydrogens is 408 g/mol. The van der Waals surface area contributed by atoms with Crippen LogP contribution in [-0.2, 0) is 16.1 Å². The minimum absolute atomic E-state index is 0. The highest BCUT2D eigenvalue weighted by molar-refractivity contribution is 5.85. The minimum Gasteiger partial charge on any atom is -0.354 e. The first-order chi connectivity index (χ1) is 14.1. The van der Waals surface area contributed by atoms with Crippen LogP contribution in [0.5, 0.6) is 0 Å². The fourth-order valence-electron chi connectivity index (χ4n) is 4.09. The second-order valence-electron chi connectivity index (χ2n) is 7.81. The Kier molecular flexibility index (Phi) is 7.38. The number of rotatable bonds is 5. The van der Waals surface area contributed by atoms with Crippen molar-refractivity contribution in [3.63, 3.8) is 0 Å². The van der Waals surface area contributed by atoms with E-state index in [0.717, 1.165) is 36.9 Å². The number of benzene rings is 1. The van der Waals surface area contributed by atoms with E-state index >= 15 is 0 Å². The molecule has 0 bridgehead atoms. The maximum absolute atomic E-state index is 12.7. The number of nitrogens with one attached hydrogen (secondary N) is 2. The van der Waals surface area contributed by atoms with Gasteiger partial charge in [-0.05, 0) is 50.3 Å². The smallest absolute Gasteiger partial charge is 0.278 e. The van der Waals surface area contributed by atoms with Gasteiger partial charge in [0.25, 0.3) is 5.56 Å². The van der Waals surface area contributed by atoms with Crippen LogP contribution in [-0.4, -0.2) is 63.9 Å². The summed E-state index contributed by atoms with van der Waals surface area (Å²) < 4.78 is 1.13. The molecule has 0 aliphatic carbocycles. The summed E-state index contributed by atoms with van der Waals surface area (Å²) in [5, 5.41) is 14.6. The Morgan fingerprint density at radius 3 is 2.83 bits per heavy atom. The van der Waals surface area contributed by atoms with E-state index in [1.54, 1.807) is 29.2 Å². The Labute approximate surface area is 180 Å². The standard InChI is InChI=1S/C20H26N6O3.ClH/c27-18(13-26-20(29)15-6-1-2-7-16(15)23-24-26)25-10-4-5-14(12-25)11-22-19(28)17-8-3-9-21-17;/h1-2,6-7,14,17,21H,3-5,8-13H2,(H,22,28);1H. The third-order valence-electron chi connectivity index (χ3n) is 5.73. The van der Waals surface area contributed by atoms with Crippen LogP contribution in [0.2, 0.25) is 0 Å². The van der Waals surface area contributed by atoms with Crippen molar-refractivity contribution in [2.45, 2.75) is 38.3 Å². The van der Waals surface area contributed by atoms with Crippen molar-refractivity contribution >= 4 is 35.1 Å². The monoisotopic (exact) mass is 434 g/mol. The molecule has 4 rings (SSSR count). The molecular formula is C20H27ClN6O3. The number of aromatic nitrogens is 3. The predicted octanol–water partition coefficient (Wildman–Crippen LogP) is 0.320. The van der Waals surface area contributed by atoms with Crippen molar-refractivity contribution in [3.8, 4) is 0 Å². The molecule has 30 heavy (non-hydrogen) atoms. The van der Waals surface area contributed by atoms with Gasteiger partial charge in [0.1, 0.15) is 12.1 Å². The SMILES string of the molecule is Cl.O=C(NCC1CCCN(C(=O)Cn2nnc3ccccc3c2=O)C1)C1CCCN1. The summed E-state index contributed by atoms with van der Waals surface area (Å²) in [6, 6.07) is 6.88. The fourth-order valence-corrected chi connectivity index (χ4v) is 4.09. The van der Waals surface area contributed by atoms with Crippen LogP contribution in [0.4, 0.5) is 0 Å². The van der Waals surface area contributed by atoms with Gasteiger partial charge in [-0.3, -0.25) is 14.4 Å². The average Bonchev–Trinajstić information content (AvgIpc) is 3.29. The molecule has 2 N–H and O–H groups in total. The Balaban J connectivity index is 0.00000256. The van der Waals surface area contributed by atoms with Crippen LogP contribution in [0.1, 0.15) is 25.7 Å². The van der Waals surface area contributed by atoms with Gasteiger partial charge in [-0.25, -0.2) is 4.68 Å². The lowest BCUT2D eigenvalue weighted by atomic mass is 9.97. The van der Waals surface area contributed by atoms with Gasteiger partial charge in [-0.15, -0.1) is 17.5 Å². The molecule has 0 saturated carbocycles. The van der Waals surface area contributed by atoms with Crippen molar-refractivity contribution in [2.75, 3.05) is 26.2 Å². The number of hydrogen-bond donors (Lipinski definition) is 2. The van der Waals surface area contributed by atoms with Crippen LogP contribution in [0, 0.1) is 5.92 Å². The summed E-state index contributed by atoms with van der Waals surface area (Å²) in [5.74, 6) is 0.117. The van der Waals surface area contributed by atoms with E-state index in [1.807, 2.05) is 0 Å². The molecule has 2 aliphatic heterocycles. The number of carbonyl (C=O) groups is 2. The lowest BCUT2D eigenvalue weighted by Gasteiger charge is -2.33. The van der Waals surface area contributed by atoms with E-state index in [0.29, 0.717) is 30.5 Å². The van der Waals surface area contributed by atoms with Crippen molar-refractivity contribution in [2.24, 2.45) is 5.92 Å². The largest absolute Gasteiger partial charge is 0.354 e. The van der Waals surface area contributed by atoms with E-state index in [-0.39, 0.29) is 48.3 Å². The number of nitrogens with zero attached hydrogens (tertiary/aromatic N) is 4. The maximum Gasteiger partial charge on any atom is 0.278 e. The van der Waals surface area contributed by atoms with Crippen LogP contribution >= 0.6 is 12.4 Å². The second kappa shape index (κ2) is 9.99. The minimum atomic E-state index is -0.311. The zero-order chi connectivity index (χ0) is 20.2. The molecule has 2 saturated heterocycles. The highest BCUT2D eigenvalue weighted by Gasteiger charge is 2.26. The van der Waals surface area contributed by atoms with E-state index in [9.17, 15) is 14.4 Å². The first-order valence-corrected chi connectivity index (χ1v) is 10.2. The van der Waals surface area contributed by atoms with Crippen molar-refractivity contribution in [1.29, 1.82) is 0 Å². The summed E-state index contributed by atoms with van der Waals surface area (Å²) in [6.45, 7) is 2.56. The fraction of sp³-hybridized carbons (Fsp3) is 0.550. The molecule has 2 unspecified atom stereocenters. The number of amides is 2.